The number of ether oxygens (including phenoxy) is 2. The van der Waals surface area contributed by atoms with Crippen LogP contribution in [0.15, 0.2) is 30.5 Å². The maximum Gasteiger partial charge on any atom is 0.408 e. The summed E-state index contributed by atoms with van der Waals surface area (Å²) in [4.78, 5) is 52.7. The molecule has 0 fully saturated rings. The summed E-state index contributed by atoms with van der Waals surface area (Å²) in [6.07, 6.45) is 0.544. The number of aromatic nitrogens is 1. The summed E-state index contributed by atoms with van der Waals surface area (Å²) in [5, 5.41) is 15.1. The molecule has 0 aliphatic carbocycles. The Morgan fingerprint density at radius 3 is 2.17 bits per heavy atom. The van der Waals surface area contributed by atoms with Gasteiger partial charge in [0.25, 0.3) is 0 Å². The van der Waals surface area contributed by atoms with Crippen molar-refractivity contribution < 1.29 is 33.8 Å². The van der Waals surface area contributed by atoms with Crippen molar-refractivity contribution in [3.63, 3.8) is 0 Å². The van der Waals surface area contributed by atoms with Crippen molar-refractivity contribution in [2.24, 2.45) is 0 Å². The number of benzene rings is 1. The van der Waals surface area contributed by atoms with Gasteiger partial charge in [-0.05, 0) is 59.6 Å². The summed E-state index contributed by atoms with van der Waals surface area (Å²) in [7, 11) is 0. The Bertz CT molecular complexity index is 1060. The second kappa shape index (κ2) is 11.2. The summed E-state index contributed by atoms with van der Waals surface area (Å²) >= 11 is 0. The molecule has 2 aromatic rings. The number of para-hydroxylation sites is 1. The number of nitrogens with one attached hydrogen (secondary N) is 3. The molecule has 2 rings (SSSR count). The van der Waals surface area contributed by atoms with Crippen LogP contribution in [0.3, 0.4) is 0 Å². The third kappa shape index (κ3) is 9.30. The number of carboxylic acids is 1. The fourth-order valence-electron chi connectivity index (χ4n) is 3.34. The average molecular weight is 490 g/mol. The van der Waals surface area contributed by atoms with Crippen LogP contribution in [0.5, 0.6) is 0 Å². The van der Waals surface area contributed by atoms with Crippen molar-refractivity contribution in [3.05, 3.63) is 36.0 Å². The Kier molecular flexibility index (Phi) is 8.89. The quantitative estimate of drug-likeness (QED) is 0.395. The van der Waals surface area contributed by atoms with E-state index in [1.807, 2.05) is 24.3 Å². The first kappa shape index (κ1) is 27.7. The summed E-state index contributed by atoms with van der Waals surface area (Å²) < 4.78 is 10.7. The Hall–Kier alpha value is -3.56. The van der Waals surface area contributed by atoms with Crippen LogP contribution in [0.2, 0.25) is 0 Å². The van der Waals surface area contributed by atoms with Crippen LogP contribution in [0.25, 0.3) is 10.9 Å². The number of carbonyl (C=O) groups excluding carboxylic acids is 3. The smallest absolute Gasteiger partial charge is 0.408 e. The minimum absolute atomic E-state index is 0.106. The first-order valence-electron chi connectivity index (χ1n) is 11.4. The average Bonchev–Trinajstić information content (AvgIpc) is 3.10. The summed E-state index contributed by atoms with van der Waals surface area (Å²) in [5.41, 5.74) is 0.0247. The van der Waals surface area contributed by atoms with Crippen LogP contribution >= 0.6 is 0 Å². The normalized spacial score (nSPS) is 13.5. The fourth-order valence-corrected chi connectivity index (χ4v) is 3.34. The first-order valence-corrected chi connectivity index (χ1v) is 11.4. The van der Waals surface area contributed by atoms with Gasteiger partial charge in [0.2, 0.25) is 5.91 Å². The van der Waals surface area contributed by atoms with E-state index in [-0.39, 0.29) is 19.3 Å². The highest BCUT2D eigenvalue weighted by Gasteiger charge is 2.31. The monoisotopic (exact) mass is 489 g/mol. The van der Waals surface area contributed by atoms with E-state index >= 15 is 0 Å². The van der Waals surface area contributed by atoms with E-state index in [0.29, 0.717) is 0 Å². The number of esters is 1. The molecule has 0 aliphatic rings. The number of H-pyrrole nitrogens is 1. The van der Waals surface area contributed by atoms with Crippen molar-refractivity contribution >= 4 is 34.8 Å². The van der Waals surface area contributed by atoms with Crippen LogP contribution in [-0.4, -0.2) is 57.3 Å². The molecule has 10 heteroatoms. The van der Waals surface area contributed by atoms with Crippen LogP contribution < -0.4 is 10.6 Å². The standard InChI is InChI=1S/C25H35N3O7/c1-24(2,3)34-22(32)18(11-12-20(29)30)27-21(31)19(28-23(33)35-25(4,5)6)13-15-14-26-17-10-8-7-9-16(15)17/h7-10,14,18-19,26H,11-13H2,1-6H3,(H,27,31)(H,28,33)(H,29,30)/t18-,19+/m0/s1. The van der Waals surface area contributed by atoms with E-state index in [2.05, 4.69) is 15.6 Å². The first-order chi connectivity index (χ1) is 16.1. The molecule has 0 spiro atoms. The van der Waals surface area contributed by atoms with Crippen LogP contribution in [0, 0.1) is 0 Å². The van der Waals surface area contributed by atoms with Gasteiger partial charge in [-0.2, -0.15) is 0 Å². The lowest BCUT2D eigenvalue weighted by Gasteiger charge is -2.27. The molecule has 1 aromatic heterocycles. The number of fused-ring (bicyclic) bond motifs is 1. The highest BCUT2D eigenvalue weighted by atomic mass is 16.6. The van der Waals surface area contributed by atoms with E-state index in [0.717, 1.165) is 16.5 Å². The number of hydrogen-bond donors (Lipinski definition) is 4. The molecule has 192 valence electrons. The second-order valence-corrected chi connectivity index (χ2v) is 10.3. The summed E-state index contributed by atoms with van der Waals surface area (Å²) in [6, 6.07) is 5.21. The van der Waals surface area contributed by atoms with E-state index in [1.165, 1.54) is 0 Å². The van der Waals surface area contributed by atoms with Gasteiger partial charge in [-0.25, -0.2) is 9.59 Å². The molecule has 35 heavy (non-hydrogen) atoms. The van der Waals surface area contributed by atoms with Crippen LogP contribution in [0.1, 0.15) is 59.9 Å². The molecular formula is C25H35N3O7. The third-order valence-electron chi connectivity index (χ3n) is 4.76. The van der Waals surface area contributed by atoms with Crippen molar-refractivity contribution in [2.45, 2.75) is 84.1 Å². The number of amides is 2. The van der Waals surface area contributed by atoms with Gasteiger partial charge in [-0.15, -0.1) is 0 Å². The number of carbonyl (C=O) groups is 4. The van der Waals surface area contributed by atoms with E-state index in [4.69, 9.17) is 14.6 Å². The molecule has 0 aliphatic heterocycles. The molecule has 2 atom stereocenters. The molecule has 0 unspecified atom stereocenters. The van der Waals surface area contributed by atoms with Gasteiger partial charge < -0.3 is 30.2 Å². The van der Waals surface area contributed by atoms with Gasteiger partial charge in [-0.1, -0.05) is 18.2 Å². The lowest BCUT2D eigenvalue weighted by molar-refractivity contribution is -0.159. The minimum atomic E-state index is -1.20. The van der Waals surface area contributed by atoms with Crippen molar-refractivity contribution in [1.29, 1.82) is 0 Å². The number of carboxylic acid groups (broad SMARTS) is 1. The fraction of sp³-hybridized carbons (Fsp3) is 0.520. The number of rotatable bonds is 9. The molecular weight excluding hydrogens is 454 g/mol. The lowest BCUT2D eigenvalue weighted by atomic mass is 10.0. The minimum Gasteiger partial charge on any atom is -0.481 e. The Labute approximate surface area is 204 Å². The summed E-state index contributed by atoms with van der Waals surface area (Å²) in [6.45, 7) is 10.1. The number of aromatic amines is 1. The molecule has 0 saturated carbocycles. The maximum absolute atomic E-state index is 13.3. The van der Waals surface area contributed by atoms with Crippen LogP contribution in [0.4, 0.5) is 4.79 Å². The Balaban J connectivity index is 2.28. The zero-order valence-electron chi connectivity index (χ0n) is 21.1. The van der Waals surface area contributed by atoms with Gasteiger partial charge in [0.1, 0.15) is 23.3 Å². The van der Waals surface area contributed by atoms with Gasteiger partial charge in [0.05, 0.1) is 0 Å². The molecule has 2 amide bonds. The maximum atomic E-state index is 13.3. The third-order valence-corrected chi connectivity index (χ3v) is 4.76. The van der Waals surface area contributed by atoms with Crippen molar-refractivity contribution in [3.8, 4) is 0 Å². The van der Waals surface area contributed by atoms with Crippen molar-refractivity contribution in [2.75, 3.05) is 0 Å². The predicted molar refractivity (Wildman–Crippen MR) is 130 cm³/mol. The predicted octanol–water partition coefficient (Wildman–Crippen LogP) is 3.30. The molecule has 0 bridgehead atoms. The van der Waals surface area contributed by atoms with Crippen LogP contribution in [-0.2, 0) is 30.3 Å². The number of alkyl carbamates (subject to hydrolysis) is 1. The Morgan fingerprint density at radius 2 is 1.57 bits per heavy atom. The van der Waals surface area contributed by atoms with Gasteiger partial charge >= 0.3 is 18.0 Å². The van der Waals surface area contributed by atoms with Gasteiger partial charge in [-0.3, -0.25) is 9.59 Å². The molecule has 0 radical (unpaired) electrons. The highest BCUT2D eigenvalue weighted by Crippen LogP contribution is 2.20. The number of aliphatic carboxylic acids is 1. The Morgan fingerprint density at radius 1 is 0.943 bits per heavy atom. The van der Waals surface area contributed by atoms with Crippen molar-refractivity contribution in [1.82, 2.24) is 15.6 Å². The molecule has 0 saturated heterocycles. The summed E-state index contributed by atoms with van der Waals surface area (Å²) in [5.74, 6) is -2.53. The van der Waals surface area contributed by atoms with E-state index < -0.39 is 47.2 Å². The zero-order valence-corrected chi connectivity index (χ0v) is 21.1. The lowest BCUT2D eigenvalue weighted by Crippen LogP contribution is -2.54. The zero-order chi connectivity index (χ0) is 26.4. The highest BCUT2D eigenvalue weighted by molar-refractivity contribution is 5.91. The molecule has 4 N–H and O–H groups in total. The SMILES string of the molecule is CC(C)(C)OC(=O)N[C@H](Cc1c[nH]c2ccccc12)C(=O)N[C@@H](CCC(=O)O)C(=O)OC(C)(C)C. The molecule has 1 heterocycles. The number of hydrogen-bond acceptors (Lipinski definition) is 6. The molecule has 10 nitrogen and oxygen atoms in total. The van der Waals surface area contributed by atoms with E-state index in [1.54, 1.807) is 47.7 Å². The van der Waals surface area contributed by atoms with Gasteiger partial charge in [0, 0.05) is 29.9 Å². The second-order valence-electron chi connectivity index (χ2n) is 10.3. The topological polar surface area (TPSA) is 147 Å². The largest absolute Gasteiger partial charge is 0.481 e. The van der Waals surface area contributed by atoms with E-state index in [9.17, 15) is 19.2 Å². The van der Waals surface area contributed by atoms with Gasteiger partial charge in [0.15, 0.2) is 0 Å². The molecule has 1 aromatic carbocycles.